The summed E-state index contributed by atoms with van der Waals surface area (Å²) in [4.78, 5) is 4.74. The van der Waals surface area contributed by atoms with Crippen LogP contribution in [0.1, 0.15) is 5.69 Å². The van der Waals surface area contributed by atoms with Crippen LogP contribution >= 0.6 is 28.1 Å². The van der Waals surface area contributed by atoms with Gasteiger partial charge in [-0.1, -0.05) is 58.4 Å². The van der Waals surface area contributed by atoms with Crippen molar-refractivity contribution in [2.75, 3.05) is 5.32 Å². The largest absolute Gasteiger partial charge is 0.331 e. The Morgan fingerprint density at radius 3 is 2.33 bits per heavy atom. The van der Waals surface area contributed by atoms with Crippen molar-refractivity contribution in [2.45, 2.75) is 0 Å². The van der Waals surface area contributed by atoms with Gasteiger partial charge in [-0.15, -0.1) is 0 Å². The fourth-order valence-electron chi connectivity index (χ4n) is 2.87. The molecule has 4 aromatic rings. The number of hydrogen-bond acceptors (Lipinski definition) is 3. The number of fused-ring (bicyclic) bond motifs is 3. The lowest BCUT2D eigenvalue weighted by Gasteiger charge is -2.08. The maximum atomic E-state index is 5.29. The highest BCUT2D eigenvalue weighted by Gasteiger charge is 2.06. The molecule has 0 fully saturated rings. The Morgan fingerprint density at radius 2 is 1.56 bits per heavy atom. The van der Waals surface area contributed by atoms with E-state index in [4.69, 9.17) is 17.2 Å². The zero-order valence-electron chi connectivity index (χ0n) is 14.2. The summed E-state index contributed by atoms with van der Waals surface area (Å²) in [6.07, 6.45) is 1.70. The Bertz CT molecular complexity index is 1160. The van der Waals surface area contributed by atoms with Crippen LogP contribution in [0, 0.1) is 0 Å². The Labute approximate surface area is 170 Å². The lowest BCUT2D eigenvalue weighted by atomic mass is 10.0. The molecule has 132 valence electrons. The van der Waals surface area contributed by atoms with Crippen LogP contribution in [0.5, 0.6) is 0 Å². The van der Waals surface area contributed by atoms with Crippen LogP contribution in [0.25, 0.3) is 21.7 Å². The minimum atomic E-state index is 0.415. The predicted molar refractivity (Wildman–Crippen MR) is 120 cm³/mol. The van der Waals surface area contributed by atoms with Gasteiger partial charge in [0.15, 0.2) is 5.11 Å². The second-order valence-electron chi connectivity index (χ2n) is 5.89. The van der Waals surface area contributed by atoms with Gasteiger partial charge in [0.05, 0.1) is 17.4 Å². The monoisotopic (exact) mass is 434 g/mol. The maximum Gasteiger partial charge on any atom is 0.191 e. The molecular formula is C21H15BrN4S. The van der Waals surface area contributed by atoms with Gasteiger partial charge in [-0.3, -0.25) is 5.43 Å². The number of nitrogens with one attached hydrogen (secondary N) is 2. The van der Waals surface area contributed by atoms with E-state index in [0.717, 1.165) is 37.5 Å². The van der Waals surface area contributed by atoms with E-state index in [2.05, 4.69) is 50.0 Å². The van der Waals surface area contributed by atoms with Gasteiger partial charge in [0.25, 0.3) is 0 Å². The van der Waals surface area contributed by atoms with Crippen molar-refractivity contribution >= 4 is 66.8 Å². The van der Waals surface area contributed by atoms with Gasteiger partial charge in [-0.05, 0) is 47.9 Å². The second kappa shape index (κ2) is 7.82. The molecule has 27 heavy (non-hydrogen) atoms. The second-order valence-corrected chi connectivity index (χ2v) is 7.21. The van der Waals surface area contributed by atoms with Crippen molar-refractivity contribution in [1.82, 2.24) is 10.4 Å². The number of halogens is 1. The summed E-state index contributed by atoms with van der Waals surface area (Å²) >= 11 is 8.70. The van der Waals surface area contributed by atoms with Gasteiger partial charge >= 0.3 is 0 Å². The van der Waals surface area contributed by atoms with Crippen LogP contribution in [0.3, 0.4) is 0 Å². The first-order chi connectivity index (χ1) is 13.2. The lowest BCUT2D eigenvalue weighted by molar-refractivity contribution is 1.05. The fraction of sp³-hybridized carbons (Fsp3) is 0. The highest BCUT2D eigenvalue weighted by Crippen LogP contribution is 2.25. The third kappa shape index (κ3) is 3.97. The summed E-state index contributed by atoms with van der Waals surface area (Å²) in [5.74, 6) is 0. The van der Waals surface area contributed by atoms with Gasteiger partial charge in [-0.25, -0.2) is 4.98 Å². The standard InChI is InChI=1S/C21H15BrN4S/c22-14-9-11-15(12-10-14)24-21(27)26-23-13-20-18-7-2-1-5-16(18)17-6-3-4-8-19(17)25-20/h1-13H,(H2,24,26,27)/b23-13-. The van der Waals surface area contributed by atoms with Crippen LogP contribution in [0.15, 0.2) is 82.4 Å². The summed E-state index contributed by atoms with van der Waals surface area (Å²) in [6.45, 7) is 0. The molecule has 6 heteroatoms. The minimum absolute atomic E-state index is 0.415. The van der Waals surface area contributed by atoms with E-state index in [1.807, 2.05) is 54.6 Å². The van der Waals surface area contributed by atoms with Gasteiger partial charge < -0.3 is 5.32 Å². The summed E-state index contributed by atoms with van der Waals surface area (Å²) in [7, 11) is 0. The summed E-state index contributed by atoms with van der Waals surface area (Å²) in [5.41, 5.74) is 5.47. The Morgan fingerprint density at radius 1 is 0.889 bits per heavy atom. The zero-order chi connectivity index (χ0) is 18.6. The highest BCUT2D eigenvalue weighted by atomic mass is 79.9. The van der Waals surface area contributed by atoms with E-state index < -0.39 is 0 Å². The van der Waals surface area contributed by atoms with Gasteiger partial charge in [0, 0.05) is 20.9 Å². The Hall–Kier alpha value is -2.83. The summed E-state index contributed by atoms with van der Waals surface area (Å²) in [5, 5.41) is 11.1. The van der Waals surface area contributed by atoms with Crippen molar-refractivity contribution in [2.24, 2.45) is 5.10 Å². The molecule has 0 spiro atoms. The molecular weight excluding hydrogens is 420 g/mol. The van der Waals surface area contributed by atoms with Crippen molar-refractivity contribution in [3.63, 3.8) is 0 Å². The van der Waals surface area contributed by atoms with Crippen LogP contribution in [0.2, 0.25) is 0 Å². The molecule has 0 radical (unpaired) electrons. The van der Waals surface area contributed by atoms with E-state index in [0.29, 0.717) is 5.11 Å². The zero-order valence-corrected chi connectivity index (χ0v) is 16.6. The molecule has 0 saturated carbocycles. The molecule has 0 unspecified atom stereocenters. The molecule has 0 bridgehead atoms. The fourth-order valence-corrected chi connectivity index (χ4v) is 3.31. The molecule has 2 N–H and O–H groups in total. The molecule has 0 aliphatic heterocycles. The Balaban J connectivity index is 1.57. The molecule has 0 aliphatic carbocycles. The molecule has 0 aliphatic rings. The topological polar surface area (TPSA) is 49.3 Å². The molecule has 1 heterocycles. The first kappa shape index (κ1) is 17.6. The smallest absolute Gasteiger partial charge is 0.191 e. The van der Waals surface area contributed by atoms with E-state index in [1.54, 1.807) is 6.21 Å². The molecule has 0 saturated heterocycles. The van der Waals surface area contributed by atoms with Crippen molar-refractivity contribution in [3.05, 3.63) is 83.0 Å². The number of hydrazone groups is 1. The summed E-state index contributed by atoms with van der Waals surface area (Å²) < 4.78 is 1.01. The van der Waals surface area contributed by atoms with Crippen LogP contribution in [-0.2, 0) is 0 Å². The van der Waals surface area contributed by atoms with Crippen molar-refractivity contribution in [1.29, 1.82) is 0 Å². The molecule has 0 amide bonds. The highest BCUT2D eigenvalue weighted by molar-refractivity contribution is 9.10. The third-order valence-corrected chi connectivity index (χ3v) is 4.82. The quantitative estimate of drug-likeness (QED) is 0.194. The number of aromatic nitrogens is 1. The number of para-hydroxylation sites is 1. The van der Waals surface area contributed by atoms with Crippen molar-refractivity contribution in [3.8, 4) is 0 Å². The van der Waals surface area contributed by atoms with Gasteiger partial charge in [0.1, 0.15) is 0 Å². The first-order valence-corrected chi connectivity index (χ1v) is 9.54. The van der Waals surface area contributed by atoms with Gasteiger partial charge in [0.2, 0.25) is 0 Å². The van der Waals surface area contributed by atoms with Crippen LogP contribution < -0.4 is 10.7 Å². The number of nitrogens with zero attached hydrogens (tertiary/aromatic N) is 2. The molecule has 1 aromatic heterocycles. The van der Waals surface area contributed by atoms with Crippen LogP contribution in [-0.4, -0.2) is 16.3 Å². The van der Waals surface area contributed by atoms with Crippen molar-refractivity contribution < 1.29 is 0 Å². The molecule has 3 aromatic carbocycles. The normalized spacial score (nSPS) is 11.1. The Kier molecular flexibility index (Phi) is 5.09. The van der Waals surface area contributed by atoms with E-state index in [9.17, 15) is 0 Å². The van der Waals surface area contributed by atoms with E-state index in [-0.39, 0.29) is 0 Å². The van der Waals surface area contributed by atoms with E-state index >= 15 is 0 Å². The molecule has 4 rings (SSSR count). The lowest BCUT2D eigenvalue weighted by Crippen LogP contribution is -2.23. The number of hydrogen-bond donors (Lipinski definition) is 2. The average molecular weight is 435 g/mol. The number of rotatable bonds is 3. The predicted octanol–water partition coefficient (Wildman–Crippen LogP) is 5.47. The third-order valence-electron chi connectivity index (χ3n) is 4.09. The van der Waals surface area contributed by atoms with Crippen LogP contribution in [0.4, 0.5) is 5.69 Å². The number of thiocarbonyl (C=S) groups is 1. The van der Waals surface area contributed by atoms with E-state index in [1.165, 1.54) is 0 Å². The first-order valence-electron chi connectivity index (χ1n) is 8.34. The maximum absolute atomic E-state index is 5.29. The summed E-state index contributed by atoms with van der Waals surface area (Å²) in [6, 6.07) is 24.0. The van der Waals surface area contributed by atoms with Gasteiger partial charge in [-0.2, -0.15) is 5.10 Å². The molecule has 4 nitrogen and oxygen atoms in total. The number of anilines is 1. The number of pyridine rings is 1. The average Bonchev–Trinajstić information content (AvgIpc) is 2.70. The number of benzene rings is 3. The minimum Gasteiger partial charge on any atom is -0.331 e. The molecule has 0 atom stereocenters. The SMILES string of the molecule is S=C(N/N=C\c1nc2ccccc2c2ccccc12)Nc1ccc(Br)cc1.